The van der Waals surface area contributed by atoms with Crippen molar-refractivity contribution in [2.45, 2.75) is 43.4 Å². The number of rotatable bonds is 3. The molecule has 0 saturated carbocycles. The number of alkyl halides is 3. The zero-order valence-electron chi connectivity index (χ0n) is 12.7. The molecule has 1 aromatic carbocycles. The zero-order valence-corrected chi connectivity index (χ0v) is 13.5. The maximum Gasteiger partial charge on any atom is 0.416 e. The Bertz CT molecular complexity index is 728. The molecule has 0 amide bonds. The van der Waals surface area contributed by atoms with Crippen LogP contribution in [0.15, 0.2) is 23.1 Å². The Kier molecular flexibility index (Phi) is 4.46. The number of esters is 1. The van der Waals surface area contributed by atoms with Gasteiger partial charge in [0.2, 0.25) is 10.0 Å². The first-order valence-electron chi connectivity index (χ1n) is 6.81. The molecule has 1 atom stereocenters. The van der Waals surface area contributed by atoms with Crippen molar-refractivity contribution in [1.82, 2.24) is 4.31 Å². The van der Waals surface area contributed by atoms with E-state index in [0.29, 0.717) is 0 Å². The molecule has 0 N–H and O–H groups in total. The average Bonchev–Trinajstić information content (AvgIpc) is 2.65. The van der Waals surface area contributed by atoms with Crippen LogP contribution in [0.2, 0.25) is 0 Å². The highest BCUT2D eigenvalue weighted by Gasteiger charge is 2.46. The first-order valence-corrected chi connectivity index (χ1v) is 8.25. The van der Waals surface area contributed by atoms with E-state index in [2.05, 4.69) is 4.74 Å². The molecule has 0 unspecified atom stereocenters. The van der Waals surface area contributed by atoms with Crippen LogP contribution in [0, 0.1) is 0 Å². The topological polar surface area (TPSA) is 63.7 Å². The van der Waals surface area contributed by atoms with Crippen molar-refractivity contribution >= 4 is 16.0 Å². The summed E-state index contributed by atoms with van der Waals surface area (Å²) in [4.78, 5) is 11.4. The molecule has 0 bridgehead atoms. The lowest BCUT2D eigenvalue weighted by Crippen LogP contribution is -2.35. The number of carbonyl (C=O) groups excluding carboxylic acids is 1. The molecule has 0 aliphatic carbocycles. The average molecular weight is 351 g/mol. The highest BCUT2D eigenvalue weighted by atomic mass is 32.2. The van der Waals surface area contributed by atoms with Gasteiger partial charge in [-0.3, -0.25) is 4.79 Å². The lowest BCUT2D eigenvalue weighted by molar-refractivity contribution is -0.141. The Balaban J connectivity index is 2.63. The molecule has 2 rings (SSSR count). The molecule has 0 saturated heterocycles. The van der Waals surface area contributed by atoms with Gasteiger partial charge >= 0.3 is 12.1 Å². The minimum Gasteiger partial charge on any atom is -0.469 e. The summed E-state index contributed by atoms with van der Waals surface area (Å²) in [5, 5.41) is 0. The summed E-state index contributed by atoms with van der Waals surface area (Å²) in [7, 11) is -2.82. The van der Waals surface area contributed by atoms with Gasteiger partial charge in [0.15, 0.2) is 0 Å². The second-order valence-corrected chi connectivity index (χ2v) is 7.29. The molecular weight excluding hydrogens is 335 g/mol. The number of carbonyl (C=O) groups is 1. The van der Waals surface area contributed by atoms with Crippen molar-refractivity contribution in [2.24, 2.45) is 0 Å². The van der Waals surface area contributed by atoms with E-state index < -0.39 is 39.8 Å². The van der Waals surface area contributed by atoms with Gasteiger partial charge in [0.1, 0.15) is 0 Å². The molecule has 5 nitrogen and oxygen atoms in total. The fourth-order valence-electron chi connectivity index (χ4n) is 2.72. The minimum atomic E-state index is -4.60. The highest BCUT2D eigenvalue weighted by molar-refractivity contribution is 7.89. The first-order chi connectivity index (χ1) is 10.5. The van der Waals surface area contributed by atoms with Crippen molar-refractivity contribution in [2.75, 3.05) is 7.11 Å². The molecule has 9 heteroatoms. The number of ether oxygens (including phenoxy) is 1. The lowest BCUT2D eigenvalue weighted by atomic mass is 10.00. The van der Waals surface area contributed by atoms with Crippen LogP contribution in [0.5, 0.6) is 0 Å². The number of halogens is 3. The molecular formula is C14H16F3NO4S. The van der Waals surface area contributed by atoms with Gasteiger partial charge < -0.3 is 4.74 Å². The fraction of sp³-hybridized carbons (Fsp3) is 0.500. The maximum atomic E-state index is 12.9. The molecule has 1 aliphatic rings. The monoisotopic (exact) mass is 351 g/mol. The van der Waals surface area contributed by atoms with Crippen LogP contribution in [0.1, 0.15) is 37.4 Å². The normalized spacial score (nSPS) is 20.6. The highest BCUT2D eigenvalue weighted by Crippen LogP contribution is 2.45. The number of benzene rings is 1. The van der Waals surface area contributed by atoms with Crippen molar-refractivity contribution in [3.8, 4) is 0 Å². The van der Waals surface area contributed by atoms with Gasteiger partial charge in [0.05, 0.1) is 30.0 Å². The summed E-state index contributed by atoms with van der Waals surface area (Å²) in [5.74, 6) is -0.693. The summed E-state index contributed by atoms with van der Waals surface area (Å²) in [6, 6.07) is 0.944. The van der Waals surface area contributed by atoms with Crippen LogP contribution >= 0.6 is 0 Å². The van der Waals surface area contributed by atoms with Gasteiger partial charge in [-0.15, -0.1) is 0 Å². The number of hydrogen-bond donors (Lipinski definition) is 0. The molecule has 0 fully saturated rings. The van der Waals surface area contributed by atoms with E-state index >= 15 is 0 Å². The van der Waals surface area contributed by atoms with Crippen molar-refractivity contribution in [1.29, 1.82) is 0 Å². The van der Waals surface area contributed by atoms with Gasteiger partial charge in [-0.25, -0.2) is 8.42 Å². The molecule has 0 radical (unpaired) electrons. The van der Waals surface area contributed by atoms with Crippen LogP contribution in [0.25, 0.3) is 0 Å². The van der Waals surface area contributed by atoms with E-state index in [9.17, 15) is 26.4 Å². The smallest absolute Gasteiger partial charge is 0.416 e. The summed E-state index contributed by atoms with van der Waals surface area (Å²) in [5.41, 5.74) is -0.981. The predicted molar refractivity (Wildman–Crippen MR) is 75.0 cm³/mol. The van der Waals surface area contributed by atoms with Crippen molar-refractivity contribution < 1.29 is 31.1 Å². The van der Waals surface area contributed by atoms with Crippen LogP contribution in [0.4, 0.5) is 13.2 Å². The lowest BCUT2D eigenvalue weighted by Gasteiger charge is -2.26. The quantitative estimate of drug-likeness (QED) is 0.786. The third-order valence-corrected chi connectivity index (χ3v) is 5.81. The molecule has 1 aromatic rings. The molecule has 128 valence electrons. The standard InChI is InChI=1S/C14H16F3NO4S/c1-8(2)18-11(7-13(19)22-3)10-6-9(14(15,16)17)4-5-12(10)23(18,20)21/h4-6,8,11H,7H2,1-3H3/t11-/m0/s1. The molecule has 0 spiro atoms. The summed E-state index contributed by atoms with van der Waals surface area (Å²) in [6.45, 7) is 3.19. The maximum absolute atomic E-state index is 12.9. The number of fused-ring (bicyclic) bond motifs is 1. The van der Waals surface area contributed by atoms with E-state index in [4.69, 9.17) is 0 Å². The van der Waals surface area contributed by atoms with Gasteiger partial charge in [-0.1, -0.05) is 0 Å². The molecule has 1 aliphatic heterocycles. The summed E-state index contributed by atoms with van der Waals surface area (Å²) < 4.78 is 69.4. The van der Waals surface area contributed by atoms with E-state index in [1.54, 1.807) is 13.8 Å². The summed E-state index contributed by atoms with van der Waals surface area (Å²) in [6.07, 6.45) is -4.94. The molecule has 23 heavy (non-hydrogen) atoms. The summed E-state index contributed by atoms with van der Waals surface area (Å²) >= 11 is 0. The molecule has 0 aromatic heterocycles. The zero-order chi connectivity index (χ0) is 17.6. The third kappa shape index (κ3) is 3.07. The Morgan fingerprint density at radius 3 is 2.43 bits per heavy atom. The van der Waals surface area contributed by atoms with Crippen LogP contribution in [-0.4, -0.2) is 31.8 Å². The number of nitrogens with zero attached hydrogens (tertiary/aromatic N) is 1. The SMILES string of the molecule is COC(=O)C[C@H]1c2cc(C(F)(F)F)ccc2S(=O)(=O)N1C(C)C. The van der Waals surface area contributed by atoms with Crippen molar-refractivity contribution in [3.05, 3.63) is 29.3 Å². The van der Waals surface area contributed by atoms with Gasteiger partial charge in [-0.2, -0.15) is 17.5 Å². The Morgan fingerprint density at radius 2 is 1.96 bits per heavy atom. The minimum absolute atomic E-state index is 0.0288. The van der Waals surface area contributed by atoms with Crippen LogP contribution in [0.3, 0.4) is 0 Å². The second kappa shape index (κ2) is 5.79. The third-order valence-electron chi connectivity index (χ3n) is 3.66. The van der Waals surface area contributed by atoms with Gasteiger partial charge in [0, 0.05) is 6.04 Å². The first kappa shape index (κ1) is 17.7. The Morgan fingerprint density at radius 1 is 1.35 bits per heavy atom. The fourth-order valence-corrected chi connectivity index (χ4v) is 4.75. The Labute approximate surface area is 132 Å². The van der Waals surface area contributed by atoms with E-state index in [1.165, 1.54) is 0 Å². The van der Waals surface area contributed by atoms with Crippen LogP contribution in [-0.2, 0) is 25.7 Å². The van der Waals surface area contributed by atoms with Crippen LogP contribution < -0.4 is 0 Å². The predicted octanol–water partition coefficient (Wildman–Crippen LogP) is 2.72. The Hall–Kier alpha value is -1.61. The molecule has 1 heterocycles. The second-order valence-electron chi connectivity index (χ2n) is 5.48. The number of hydrogen-bond acceptors (Lipinski definition) is 4. The van der Waals surface area contributed by atoms with E-state index in [-0.39, 0.29) is 16.9 Å². The van der Waals surface area contributed by atoms with E-state index in [1.807, 2.05) is 0 Å². The number of sulfonamides is 1. The van der Waals surface area contributed by atoms with Gasteiger partial charge in [0.25, 0.3) is 0 Å². The van der Waals surface area contributed by atoms with Gasteiger partial charge in [-0.05, 0) is 37.6 Å². The largest absolute Gasteiger partial charge is 0.469 e. The van der Waals surface area contributed by atoms with Crippen molar-refractivity contribution in [3.63, 3.8) is 0 Å². The number of methoxy groups -OCH3 is 1. The van der Waals surface area contributed by atoms with E-state index in [0.717, 1.165) is 29.6 Å².